The second kappa shape index (κ2) is 6.12. The Morgan fingerprint density at radius 2 is 2.07 bits per heavy atom. The van der Waals surface area contributed by atoms with Gasteiger partial charge >= 0.3 is 0 Å². The number of hydrogen-bond donors (Lipinski definition) is 1. The van der Waals surface area contributed by atoms with E-state index in [1.807, 2.05) is 6.07 Å². The van der Waals surface area contributed by atoms with Gasteiger partial charge in [-0.25, -0.2) is 4.98 Å². The highest BCUT2D eigenvalue weighted by atomic mass is 16.5. The van der Waals surface area contributed by atoms with Crippen molar-refractivity contribution in [2.75, 3.05) is 7.11 Å². The smallest absolute Gasteiger partial charge is 0.221 e. The first-order valence-corrected chi connectivity index (χ1v) is 9.58. The van der Waals surface area contributed by atoms with Crippen molar-refractivity contribution in [3.8, 4) is 5.75 Å². The van der Waals surface area contributed by atoms with Crippen LogP contribution in [-0.4, -0.2) is 22.4 Å². The molecule has 0 fully saturated rings. The minimum absolute atomic E-state index is 0.0574. The van der Waals surface area contributed by atoms with Gasteiger partial charge in [0.15, 0.2) is 0 Å². The number of benzene rings is 1. The molecule has 0 unspecified atom stereocenters. The molecule has 138 valence electrons. The minimum atomic E-state index is -0.0693. The second-order valence-corrected chi connectivity index (χ2v) is 7.58. The number of imidazole rings is 1. The fraction of sp³-hybridized carbons (Fsp3) is 0.364. The number of nitrogens with zero attached hydrogens (tertiary/aromatic N) is 2. The van der Waals surface area contributed by atoms with Crippen molar-refractivity contribution in [3.05, 3.63) is 64.1 Å². The first-order valence-electron chi connectivity index (χ1n) is 9.58. The fourth-order valence-electron chi connectivity index (χ4n) is 4.63. The zero-order valence-electron chi connectivity index (χ0n) is 15.7. The Labute approximate surface area is 158 Å². The summed E-state index contributed by atoms with van der Waals surface area (Å²) in [4.78, 5) is 17.3. The molecule has 3 aromatic rings. The number of amides is 1. The molecule has 1 amide bonds. The molecule has 0 spiro atoms. The molecule has 1 aliphatic carbocycles. The van der Waals surface area contributed by atoms with Gasteiger partial charge in [0.05, 0.1) is 25.0 Å². The van der Waals surface area contributed by atoms with E-state index in [0.717, 1.165) is 46.8 Å². The molecule has 27 heavy (non-hydrogen) atoms. The van der Waals surface area contributed by atoms with Gasteiger partial charge in [0.1, 0.15) is 11.4 Å². The van der Waals surface area contributed by atoms with Crippen LogP contribution >= 0.6 is 0 Å². The first-order chi connectivity index (χ1) is 13.2. The van der Waals surface area contributed by atoms with Crippen molar-refractivity contribution < 1.29 is 9.53 Å². The summed E-state index contributed by atoms with van der Waals surface area (Å²) < 4.78 is 7.92. The quantitative estimate of drug-likeness (QED) is 0.762. The van der Waals surface area contributed by atoms with Crippen LogP contribution in [0.3, 0.4) is 0 Å². The number of methoxy groups -OCH3 is 1. The normalized spacial score (nSPS) is 18.7. The lowest BCUT2D eigenvalue weighted by atomic mass is 9.88. The van der Waals surface area contributed by atoms with Crippen LogP contribution < -0.4 is 10.1 Å². The molecular weight excluding hydrogens is 338 g/mol. The van der Waals surface area contributed by atoms with Gasteiger partial charge in [0, 0.05) is 24.1 Å². The van der Waals surface area contributed by atoms with Gasteiger partial charge in [-0.15, -0.1) is 0 Å². The van der Waals surface area contributed by atoms with Crippen LogP contribution in [0.2, 0.25) is 0 Å². The van der Waals surface area contributed by atoms with Crippen LogP contribution in [0.5, 0.6) is 5.75 Å². The van der Waals surface area contributed by atoms with Crippen molar-refractivity contribution in [2.24, 2.45) is 0 Å². The van der Waals surface area contributed by atoms with Crippen LogP contribution in [0.15, 0.2) is 30.5 Å². The molecule has 0 saturated heterocycles. The average Bonchev–Trinajstić information content (AvgIpc) is 3.24. The highest BCUT2D eigenvalue weighted by Gasteiger charge is 2.32. The molecule has 2 aromatic heterocycles. The van der Waals surface area contributed by atoms with E-state index in [1.54, 1.807) is 7.11 Å². The lowest BCUT2D eigenvalue weighted by molar-refractivity contribution is -0.121. The summed E-state index contributed by atoms with van der Waals surface area (Å²) in [6.07, 6.45) is 5.86. The number of hydrogen-bond acceptors (Lipinski definition) is 3. The predicted octanol–water partition coefficient (Wildman–Crippen LogP) is 3.29. The van der Waals surface area contributed by atoms with Crippen molar-refractivity contribution >= 4 is 11.6 Å². The Bertz CT molecular complexity index is 1070. The predicted molar refractivity (Wildman–Crippen MR) is 103 cm³/mol. The van der Waals surface area contributed by atoms with Crippen molar-refractivity contribution in [1.82, 2.24) is 14.7 Å². The second-order valence-electron chi connectivity index (χ2n) is 7.58. The van der Waals surface area contributed by atoms with E-state index in [2.05, 4.69) is 41.0 Å². The molecule has 5 nitrogen and oxygen atoms in total. The SMILES string of the molecule is COc1cc2c(cc1[C@@H]1CC(=O)NCc3nc4c(C)cccn4c31)CCC2. The van der Waals surface area contributed by atoms with Crippen LogP contribution in [0.1, 0.15) is 52.4 Å². The van der Waals surface area contributed by atoms with Gasteiger partial charge in [0.25, 0.3) is 0 Å². The number of ether oxygens (including phenoxy) is 1. The van der Waals surface area contributed by atoms with Crippen LogP contribution in [0.25, 0.3) is 5.65 Å². The third-order valence-corrected chi connectivity index (χ3v) is 5.95. The molecule has 3 heterocycles. The maximum atomic E-state index is 12.5. The first kappa shape index (κ1) is 16.4. The van der Waals surface area contributed by atoms with E-state index in [-0.39, 0.29) is 11.8 Å². The van der Waals surface area contributed by atoms with Gasteiger partial charge in [-0.05, 0) is 55.0 Å². The molecule has 2 aliphatic rings. The van der Waals surface area contributed by atoms with Gasteiger partial charge in [-0.1, -0.05) is 12.1 Å². The van der Waals surface area contributed by atoms with E-state index in [0.29, 0.717) is 13.0 Å². The maximum Gasteiger partial charge on any atom is 0.221 e. The lowest BCUT2D eigenvalue weighted by Crippen LogP contribution is -2.21. The standard InChI is InChI=1S/C22H23N3O2/c1-13-5-4-8-25-21-17(11-20(26)23-12-18(21)24-22(13)25)16-9-14-6-3-7-15(14)10-19(16)27-2/h4-5,8-10,17H,3,6-7,11-12H2,1-2H3,(H,23,26)/t17-/m0/s1. The molecule has 0 radical (unpaired) electrons. The Kier molecular flexibility index (Phi) is 3.71. The largest absolute Gasteiger partial charge is 0.496 e. The Morgan fingerprint density at radius 3 is 2.89 bits per heavy atom. The van der Waals surface area contributed by atoms with Crippen molar-refractivity contribution in [1.29, 1.82) is 0 Å². The summed E-state index contributed by atoms with van der Waals surface area (Å²) in [5.74, 6) is 0.867. The summed E-state index contributed by atoms with van der Waals surface area (Å²) in [6, 6.07) is 8.56. The lowest BCUT2D eigenvalue weighted by Gasteiger charge is -2.20. The number of pyridine rings is 1. The number of carbonyl (C=O) groups is 1. The van der Waals surface area contributed by atoms with Gasteiger partial charge < -0.3 is 14.5 Å². The number of aromatic nitrogens is 2. The highest BCUT2D eigenvalue weighted by molar-refractivity contribution is 5.79. The number of carbonyl (C=O) groups excluding carboxylic acids is 1. The summed E-state index contributed by atoms with van der Waals surface area (Å²) in [5.41, 5.74) is 8.01. The van der Waals surface area contributed by atoms with Crippen LogP contribution in [0.4, 0.5) is 0 Å². The van der Waals surface area contributed by atoms with E-state index < -0.39 is 0 Å². The molecule has 5 heteroatoms. The maximum absolute atomic E-state index is 12.5. The highest BCUT2D eigenvalue weighted by Crippen LogP contribution is 2.40. The Balaban J connectivity index is 1.76. The molecule has 0 saturated carbocycles. The average molecular weight is 361 g/mol. The molecule has 1 N–H and O–H groups in total. The summed E-state index contributed by atoms with van der Waals surface area (Å²) in [6.45, 7) is 2.55. The number of rotatable bonds is 2. The van der Waals surface area contributed by atoms with Crippen molar-refractivity contribution in [3.63, 3.8) is 0 Å². The van der Waals surface area contributed by atoms with E-state index >= 15 is 0 Å². The molecular formula is C22H23N3O2. The third kappa shape index (κ3) is 2.52. The summed E-state index contributed by atoms with van der Waals surface area (Å²) in [5, 5.41) is 3.02. The third-order valence-electron chi connectivity index (χ3n) is 5.95. The number of aryl methyl sites for hydroxylation is 3. The van der Waals surface area contributed by atoms with E-state index in [9.17, 15) is 4.79 Å². The summed E-state index contributed by atoms with van der Waals surface area (Å²) >= 11 is 0. The van der Waals surface area contributed by atoms with E-state index in [1.165, 1.54) is 17.5 Å². The molecule has 1 aliphatic heterocycles. The summed E-state index contributed by atoms with van der Waals surface area (Å²) in [7, 11) is 1.72. The fourth-order valence-corrected chi connectivity index (χ4v) is 4.63. The Morgan fingerprint density at radius 1 is 1.26 bits per heavy atom. The molecule has 5 rings (SSSR count). The Hall–Kier alpha value is -2.82. The van der Waals surface area contributed by atoms with Gasteiger partial charge in [-0.2, -0.15) is 0 Å². The zero-order valence-corrected chi connectivity index (χ0v) is 15.7. The minimum Gasteiger partial charge on any atom is -0.496 e. The zero-order chi connectivity index (χ0) is 18.5. The van der Waals surface area contributed by atoms with E-state index in [4.69, 9.17) is 9.72 Å². The molecule has 1 aromatic carbocycles. The molecule has 1 atom stereocenters. The monoisotopic (exact) mass is 361 g/mol. The van der Waals surface area contributed by atoms with Gasteiger partial charge in [-0.3, -0.25) is 4.79 Å². The van der Waals surface area contributed by atoms with Crippen LogP contribution in [-0.2, 0) is 24.2 Å². The number of fused-ring (bicyclic) bond motifs is 4. The topological polar surface area (TPSA) is 55.6 Å². The van der Waals surface area contributed by atoms with Gasteiger partial charge in [0.2, 0.25) is 5.91 Å². The van der Waals surface area contributed by atoms with Crippen molar-refractivity contribution in [2.45, 2.75) is 45.1 Å². The number of nitrogens with one attached hydrogen (secondary N) is 1. The van der Waals surface area contributed by atoms with Crippen LogP contribution in [0, 0.1) is 6.92 Å². The molecule has 0 bridgehead atoms.